The number of amides is 1. The van der Waals surface area contributed by atoms with Gasteiger partial charge in [-0.05, 0) is 25.7 Å². The molecular weight excluding hydrogens is 214 g/mol. The second kappa shape index (κ2) is 6.36. The van der Waals surface area contributed by atoms with E-state index in [0.717, 1.165) is 26.2 Å². The van der Waals surface area contributed by atoms with Crippen LogP contribution in [0.4, 0.5) is 0 Å². The van der Waals surface area contributed by atoms with Gasteiger partial charge in [-0.2, -0.15) is 0 Å². The van der Waals surface area contributed by atoms with E-state index >= 15 is 0 Å². The summed E-state index contributed by atoms with van der Waals surface area (Å²) in [6.07, 6.45) is 5.25. The zero-order valence-electron chi connectivity index (χ0n) is 10.9. The summed E-state index contributed by atoms with van der Waals surface area (Å²) in [7, 11) is 0. The van der Waals surface area contributed by atoms with E-state index < -0.39 is 0 Å². The molecule has 1 heterocycles. The molecule has 0 unspecified atom stereocenters. The molecule has 0 aromatic carbocycles. The lowest BCUT2D eigenvalue weighted by atomic mass is 10.00. The van der Waals surface area contributed by atoms with E-state index in [1.165, 1.54) is 25.7 Å². The van der Waals surface area contributed by atoms with E-state index in [2.05, 4.69) is 22.5 Å². The first-order valence-corrected chi connectivity index (χ1v) is 6.98. The third-order valence-corrected chi connectivity index (χ3v) is 4.07. The van der Waals surface area contributed by atoms with Gasteiger partial charge < -0.3 is 10.6 Å². The van der Waals surface area contributed by atoms with Gasteiger partial charge in [0.2, 0.25) is 5.91 Å². The first-order chi connectivity index (χ1) is 8.25. The van der Waals surface area contributed by atoms with Gasteiger partial charge >= 0.3 is 0 Å². The van der Waals surface area contributed by atoms with E-state index in [1.807, 2.05) is 0 Å². The number of carbonyl (C=O) groups is 1. The fourth-order valence-electron chi connectivity index (χ4n) is 2.95. The molecule has 0 spiro atoms. The smallest absolute Gasteiger partial charge is 0.234 e. The van der Waals surface area contributed by atoms with Gasteiger partial charge in [-0.1, -0.05) is 12.8 Å². The molecule has 98 valence electrons. The highest BCUT2D eigenvalue weighted by atomic mass is 16.2. The predicted octanol–water partition coefficient (Wildman–Crippen LogP) is 0.587. The fraction of sp³-hybridized carbons (Fsp3) is 0.923. The molecule has 2 rings (SSSR count). The van der Waals surface area contributed by atoms with Crippen molar-refractivity contribution < 1.29 is 4.79 Å². The number of nitrogens with zero attached hydrogens (tertiary/aromatic N) is 1. The lowest BCUT2D eigenvalue weighted by Gasteiger charge is -2.28. The van der Waals surface area contributed by atoms with Crippen LogP contribution in [0.3, 0.4) is 0 Å². The van der Waals surface area contributed by atoms with Crippen LogP contribution in [0.5, 0.6) is 0 Å². The van der Waals surface area contributed by atoms with Crippen LogP contribution in [-0.2, 0) is 4.79 Å². The third kappa shape index (κ3) is 3.96. The molecular formula is C13H25N3O. The third-order valence-electron chi connectivity index (χ3n) is 4.07. The van der Waals surface area contributed by atoms with Crippen molar-refractivity contribution in [2.45, 2.75) is 38.6 Å². The standard InChI is InChI=1S/C13H25N3O/c1-11(12-4-2-3-5-12)15-13(17)10-16-8-6-14-7-9-16/h11-12,14H,2-10H2,1H3,(H,15,17)/t11-/m0/s1. The summed E-state index contributed by atoms with van der Waals surface area (Å²) in [5, 5.41) is 6.47. The van der Waals surface area contributed by atoms with Crippen molar-refractivity contribution in [1.82, 2.24) is 15.5 Å². The number of piperazine rings is 1. The number of carbonyl (C=O) groups excluding carboxylic acids is 1. The monoisotopic (exact) mass is 239 g/mol. The predicted molar refractivity (Wildman–Crippen MR) is 68.9 cm³/mol. The lowest BCUT2D eigenvalue weighted by molar-refractivity contribution is -0.123. The Kier molecular flexibility index (Phi) is 4.80. The second-order valence-electron chi connectivity index (χ2n) is 5.43. The summed E-state index contributed by atoms with van der Waals surface area (Å²) in [5.41, 5.74) is 0. The van der Waals surface area contributed by atoms with E-state index in [4.69, 9.17) is 0 Å². The molecule has 2 N–H and O–H groups in total. The van der Waals surface area contributed by atoms with Crippen LogP contribution in [0.2, 0.25) is 0 Å². The summed E-state index contributed by atoms with van der Waals surface area (Å²) >= 11 is 0. The molecule has 0 radical (unpaired) electrons. The molecule has 0 aromatic heterocycles. The molecule has 1 aliphatic heterocycles. The van der Waals surface area contributed by atoms with Crippen LogP contribution >= 0.6 is 0 Å². The van der Waals surface area contributed by atoms with Crippen molar-refractivity contribution in [1.29, 1.82) is 0 Å². The Hall–Kier alpha value is -0.610. The summed E-state index contributed by atoms with van der Waals surface area (Å²) in [6, 6.07) is 0.355. The largest absolute Gasteiger partial charge is 0.352 e. The maximum absolute atomic E-state index is 11.9. The van der Waals surface area contributed by atoms with E-state index in [-0.39, 0.29) is 5.91 Å². The minimum atomic E-state index is 0.200. The van der Waals surface area contributed by atoms with Gasteiger partial charge in [0.25, 0.3) is 0 Å². The minimum Gasteiger partial charge on any atom is -0.352 e. The van der Waals surface area contributed by atoms with E-state index in [9.17, 15) is 4.79 Å². The lowest BCUT2D eigenvalue weighted by Crippen LogP contribution is -2.49. The van der Waals surface area contributed by atoms with Crippen LogP contribution in [0.15, 0.2) is 0 Å². The molecule has 1 aliphatic carbocycles. The minimum absolute atomic E-state index is 0.200. The van der Waals surface area contributed by atoms with Gasteiger partial charge in [-0.15, -0.1) is 0 Å². The van der Waals surface area contributed by atoms with Crippen LogP contribution < -0.4 is 10.6 Å². The number of hydrogen-bond donors (Lipinski definition) is 2. The van der Waals surface area contributed by atoms with Gasteiger partial charge in [0.05, 0.1) is 6.54 Å². The molecule has 2 fully saturated rings. The maximum Gasteiger partial charge on any atom is 0.234 e. The Balaban J connectivity index is 1.68. The van der Waals surface area contributed by atoms with Gasteiger partial charge in [-0.3, -0.25) is 9.69 Å². The Morgan fingerprint density at radius 3 is 2.65 bits per heavy atom. The fourth-order valence-corrected chi connectivity index (χ4v) is 2.95. The van der Waals surface area contributed by atoms with Crippen molar-refractivity contribution in [3.05, 3.63) is 0 Å². The van der Waals surface area contributed by atoms with Gasteiger partial charge in [0, 0.05) is 32.2 Å². The van der Waals surface area contributed by atoms with Gasteiger partial charge in [0.15, 0.2) is 0 Å². The zero-order chi connectivity index (χ0) is 12.1. The highest BCUT2D eigenvalue weighted by molar-refractivity contribution is 5.78. The normalized spacial score (nSPS) is 24.8. The zero-order valence-corrected chi connectivity index (χ0v) is 10.9. The Morgan fingerprint density at radius 1 is 1.35 bits per heavy atom. The average Bonchev–Trinajstić information content (AvgIpc) is 2.83. The average molecular weight is 239 g/mol. The number of hydrogen-bond acceptors (Lipinski definition) is 3. The highest BCUT2D eigenvalue weighted by Crippen LogP contribution is 2.27. The number of rotatable bonds is 4. The second-order valence-corrected chi connectivity index (χ2v) is 5.43. The van der Waals surface area contributed by atoms with Crippen LogP contribution in [0.1, 0.15) is 32.6 Å². The molecule has 17 heavy (non-hydrogen) atoms. The van der Waals surface area contributed by atoms with Crippen molar-refractivity contribution in [2.75, 3.05) is 32.7 Å². The first-order valence-electron chi connectivity index (χ1n) is 6.98. The van der Waals surface area contributed by atoms with Crippen molar-refractivity contribution in [3.8, 4) is 0 Å². The molecule has 1 atom stereocenters. The Bertz CT molecular complexity index is 245. The molecule has 4 heteroatoms. The van der Waals surface area contributed by atoms with Gasteiger partial charge in [-0.25, -0.2) is 0 Å². The van der Waals surface area contributed by atoms with Crippen molar-refractivity contribution in [2.24, 2.45) is 5.92 Å². The molecule has 4 nitrogen and oxygen atoms in total. The maximum atomic E-state index is 11.9. The molecule has 1 saturated carbocycles. The Labute approximate surface area is 104 Å². The molecule has 2 aliphatic rings. The molecule has 1 saturated heterocycles. The van der Waals surface area contributed by atoms with Crippen molar-refractivity contribution >= 4 is 5.91 Å². The molecule has 0 bridgehead atoms. The van der Waals surface area contributed by atoms with Crippen LogP contribution in [-0.4, -0.2) is 49.6 Å². The van der Waals surface area contributed by atoms with Crippen LogP contribution in [0, 0.1) is 5.92 Å². The summed E-state index contributed by atoms with van der Waals surface area (Å²) in [6.45, 7) is 6.72. The highest BCUT2D eigenvalue weighted by Gasteiger charge is 2.23. The van der Waals surface area contributed by atoms with Crippen molar-refractivity contribution in [3.63, 3.8) is 0 Å². The quantitative estimate of drug-likeness (QED) is 0.754. The number of nitrogens with one attached hydrogen (secondary N) is 2. The summed E-state index contributed by atoms with van der Waals surface area (Å²) in [4.78, 5) is 14.1. The van der Waals surface area contributed by atoms with E-state index in [0.29, 0.717) is 18.5 Å². The summed E-state index contributed by atoms with van der Waals surface area (Å²) < 4.78 is 0. The van der Waals surface area contributed by atoms with Gasteiger partial charge in [0.1, 0.15) is 0 Å². The molecule has 0 aromatic rings. The van der Waals surface area contributed by atoms with Crippen LogP contribution in [0.25, 0.3) is 0 Å². The first kappa shape index (κ1) is 12.8. The topological polar surface area (TPSA) is 44.4 Å². The van der Waals surface area contributed by atoms with E-state index in [1.54, 1.807) is 0 Å². The summed E-state index contributed by atoms with van der Waals surface area (Å²) in [5.74, 6) is 0.910. The molecule has 1 amide bonds. The SMILES string of the molecule is C[C@H](NC(=O)CN1CCNCC1)C1CCCC1. The Morgan fingerprint density at radius 2 is 2.00 bits per heavy atom.